The van der Waals surface area contributed by atoms with Gasteiger partial charge in [-0.05, 0) is 74.5 Å². The van der Waals surface area contributed by atoms with Crippen molar-refractivity contribution in [2.75, 3.05) is 0 Å². The summed E-state index contributed by atoms with van der Waals surface area (Å²) < 4.78 is 2.30. The van der Waals surface area contributed by atoms with E-state index in [0.717, 1.165) is 21.5 Å². The van der Waals surface area contributed by atoms with Crippen LogP contribution in [-0.4, -0.2) is 6.04 Å². The smallest absolute Gasteiger partial charge is 0.0318 e. The molecule has 0 unspecified atom stereocenters. The fourth-order valence-electron chi connectivity index (χ4n) is 1.93. The SMILES string of the molecule is Brc1ccccc1Sc1ccc(CNC2CC2)cc1Br. The number of benzene rings is 2. The molecule has 1 fully saturated rings. The second-order valence-corrected chi connectivity index (χ2v) is 7.74. The van der Waals surface area contributed by atoms with Crippen molar-refractivity contribution in [2.45, 2.75) is 35.2 Å². The molecule has 104 valence electrons. The third kappa shape index (κ3) is 3.88. The van der Waals surface area contributed by atoms with Crippen LogP contribution in [0.4, 0.5) is 0 Å². The summed E-state index contributed by atoms with van der Waals surface area (Å²) in [6.07, 6.45) is 2.66. The third-order valence-electron chi connectivity index (χ3n) is 3.23. The van der Waals surface area contributed by atoms with E-state index in [4.69, 9.17) is 0 Å². The van der Waals surface area contributed by atoms with Gasteiger partial charge < -0.3 is 5.32 Å². The maximum Gasteiger partial charge on any atom is 0.0318 e. The quantitative estimate of drug-likeness (QED) is 0.684. The van der Waals surface area contributed by atoms with Crippen molar-refractivity contribution in [3.8, 4) is 0 Å². The number of halogens is 2. The van der Waals surface area contributed by atoms with Gasteiger partial charge in [0.05, 0.1) is 0 Å². The Balaban J connectivity index is 1.71. The fourth-order valence-corrected chi connectivity index (χ4v) is 3.97. The minimum absolute atomic E-state index is 0.753. The van der Waals surface area contributed by atoms with Crippen LogP contribution in [0.15, 0.2) is 61.2 Å². The van der Waals surface area contributed by atoms with Crippen LogP contribution in [0.25, 0.3) is 0 Å². The molecule has 0 atom stereocenters. The average Bonchev–Trinajstić information content (AvgIpc) is 3.26. The van der Waals surface area contributed by atoms with Gasteiger partial charge in [-0.25, -0.2) is 0 Å². The van der Waals surface area contributed by atoms with E-state index in [0.29, 0.717) is 0 Å². The molecule has 2 aromatic carbocycles. The van der Waals surface area contributed by atoms with Crippen LogP contribution < -0.4 is 5.32 Å². The molecule has 1 N–H and O–H groups in total. The summed E-state index contributed by atoms with van der Waals surface area (Å²) in [5.41, 5.74) is 1.33. The summed E-state index contributed by atoms with van der Waals surface area (Å²) in [5, 5.41) is 3.54. The molecule has 1 saturated carbocycles. The number of hydrogen-bond acceptors (Lipinski definition) is 2. The summed E-state index contributed by atoms with van der Waals surface area (Å²) >= 11 is 9.05. The standard InChI is InChI=1S/C16H15Br2NS/c17-13-3-1-2-4-15(13)20-16-8-5-11(9-14(16)18)10-19-12-6-7-12/h1-5,8-9,12,19H,6-7,10H2. The van der Waals surface area contributed by atoms with Gasteiger partial charge in [0.2, 0.25) is 0 Å². The van der Waals surface area contributed by atoms with Gasteiger partial charge in [0.25, 0.3) is 0 Å². The molecule has 20 heavy (non-hydrogen) atoms. The second kappa shape index (κ2) is 6.65. The van der Waals surface area contributed by atoms with E-state index in [1.165, 1.54) is 28.2 Å². The van der Waals surface area contributed by atoms with Crippen LogP contribution in [0.3, 0.4) is 0 Å². The van der Waals surface area contributed by atoms with E-state index in [2.05, 4.69) is 73.6 Å². The molecule has 0 amide bonds. The summed E-state index contributed by atoms with van der Waals surface area (Å²) in [5.74, 6) is 0. The molecule has 0 radical (unpaired) electrons. The van der Waals surface area contributed by atoms with Crippen LogP contribution in [0.1, 0.15) is 18.4 Å². The lowest BCUT2D eigenvalue weighted by Crippen LogP contribution is -2.15. The zero-order chi connectivity index (χ0) is 13.9. The van der Waals surface area contributed by atoms with Gasteiger partial charge in [0.1, 0.15) is 0 Å². The normalized spacial score (nSPS) is 14.5. The van der Waals surface area contributed by atoms with E-state index >= 15 is 0 Å². The Bertz CT molecular complexity index is 611. The Hall–Kier alpha value is -0.290. The van der Waals surface area contributed by atoms with Crippen LogP contribution in [0, 0.1) is 0 Å². The van der Waals surface area contributed by atoms with Crippen molar-refractivity contribution in [3.05, 3.63) is 57.0 Å². The average molecular weight is 413 g/mol. The second-order valence-electron chi connectivity index (χ2n) is 4.95. The largest absolute Gasteiger partial charge is 0.310 e. The van der Waals surface area contributed by atoms with Crippen LogP contribution in [0.2, 0.25) is 0 Å². The van der Waals surface area contributed by atoms with Crippen molar-refractivity contribution in [2.24, 2.45) is 0 Å². The highest BCUT2D eigenvalue weighted by Gasteiger charge is 2.20. The number of rotatable bonds is 5. The maximum absolute atomic E-state index is 3.69. The van der Waals surface area contributed by atoms with E-state index in [1.807, 2.05) is 6.07 Å². The molecule has 0 bridgehead atoms. The van der Waals surface area contributed by atoms with Crippen molar-refractivity contribution in [1.82, 2.24) is 5.32 Å². The van der Waals surface area contributed by atoms with Crippen LogP contribution in [-0.2, 0) is 6.54 Å². The molecule has 2 aromatic rings. The summed E-state index contributed by atoms with van der Waals surface area (Å²) in [6.45, 7) is 0.962. The summed E-state index contributed by atoms with van der Waals surface area (Å²) in [7, 11) is 0. The minimum atomic E-state index is 0.753. The Morgan fingerprint density at radius 3 is 2.45 bits per heavy atom. The highest BCUT2D eigenvalue weighted by molar-refractivity contribution is 9.11. The zero-order valence-electron chi connectivity index (χ0n) is 10.9. The molecule has 4 heteroatoms. The van der Waals surface area contributed by atoms with Gasteiger partial charge in [0, 0.05) is 31.3 Å². The Kier molecular flexibility index (Phi) is 4.87. The van der Waals surface area contributed by atoms with Crippen molar-refractivity contribution in [1.29, 1.82) is 0 Å². The summed E-state index contributed by atoms with van der Waals surface area (Å²) in [6, 6.07) is 15.7. The van der Waals surface area contributed by atoms with Gasteiger partial charge in [-0.2, -0.15) is 0 Å². The topological polar surface area (TPSA) is 12.0 Å². The number of hydrogen-bond donors (Lipinski definition) is 1. The third-order valence-corrected chi connectivity index (χ3v) is 6.25. The predicted octanol–water partition coefficient (Wildman–Crippen LogP) is 5.61. The molecule has 3 rings (SSSR count). The Labute approximate surface area is 140 Å². The van der Waals surface area contributed by atoms with Gasteiger partial charge in [-0.3, -0.25) is 0 Å². The van der Waals surface area contributed by atoms with Crippen molar-refractivity contribution in [3.63, 3.8) is 0 Å². The molecule has 0 aromatic heterocycles. The van der Waals surface area contributed by atoms with E-state index in [1.54, 1.807) is 11.8 Å². The van der Waals surface area contributed by atoms with Crippen LogP contribution >= 0.6 is 43.6 Å². The maximum atomic E-state index is 3.69. The molecule has 1 aliphatic carbocycles. The molecule has 1 nitrogen and oxygen atoms in total. The van der Waals surface area contributed by atoms with E-state index in [-0.39, 0.29) is 0 Å². The highest BCUT2D eigenvalue weighted by atomic mass is 79.9. The first-order valence-electron chi connectivity index (χ1n) is 6.66. The summed E-state index contributed by atoms with van der Waals surface area (Å²) in [4.78, 5) is 2.48. The van der Waals surface area contributed by atoms with Gasteiger partial charge in [0.15, 0.2) is 0 Å². The molecular formula is C16H15Br2NS. The lowest BCUT2D eigenvalue weighted by atomic mass is 10.2. The predicted molar refractivity (Wildman–Crippen MR) is 92.3 cm³/mol. The lowest BCUT2D eigenvalue weighted by molar-refractivity contribution is 0.687. The molecule has 1 aliphatic rings. The van der Waals surface area contributed by atoms with Crippen LogP contribution in [0.5, 0.6) is 0 Å². The fraction of sp³-hybridized carbons (Fsp3) is 0.250. The van der Waals surface area contributed by atoms with E-state index < -0.39 is 0 Å². The van der Waals surface area contributed by atoms with Crippen molar-refractivity contribution >= 4 is 43.6 Å². The first-order chi connectivity index (χ1) is 9.72. The molecular weight excluding hydrogens is 398 g/mol. The molecule has 0 saturated heterocycles. The van der Waals surface area contributed by atoms with E-state index in [9.17, 15) is 0 Å². The monoisotopic (exact) mass is 411 g/mol. The first kappa shape index (κ1) is 14.6. The minimum Gasteiger partial charge on any atom is -0.310 e. The van der Waals surface area contributed by atoms with Crippen molar-refractivity contribution < 1.29 is 0 Å². The Morgan fingerprint density at radius 1 is 1.00 bits per heavy atom. The zero-order valence-corrected chi connectivity index (χ0v) is 14.9. The first-order valence-corrected chi connectivity index (χ1v) is 9.07. The molecule has 0 heterocycles. The highest BCUT2D eigenvalue weighted by Crippen LogP contribution is 2.37. The molecule has 0 spiro atoms. The lowest BCUT2D eigenvalue weighted by Gasteiger charge is -2.09. The Morgan fingerprint density at radius 2 is 1.75 bits per heavy atom. The number of nitrogens with one attached hydrogen (secondary N) is 1. The van der Waals surface area contributed by atoms with Gasteiger partial charge in [-0.1, -0.05) is 30.0 Å². The van der Waals surface area contributed by atoms with Gasteiger partial charge >= 0.3 is 0 Å². The van der Waals surface area contributed by atoms with Gasteiger partial charge in [-0.15, -0.1) is 0 Å². The molecule has 0 aliphatic heterocycles.